The highest BCUT2D eigenvalue weighted by molar-refractivity contribution is 9.10. The lowest BCUT2D eigenvalue weighted by Gasteiger charge is -2.21. The molecule has 2 aromatic rings. The normalized spacial score (nSPS) is 14.6. The molecule has 0 saturated heterocycles. The van der Waals surface area contributed by atoms with Crippen molar-refractivity contribution >= 4 is 15.9 Å². The molecule has 0 amide bonds. The van der Waals surface area contributed by atoms with Crippen LogP contribution in [0.25, 0.3) is 0 Å². The number of nitrogens with two attached hydrogens (primary N) is 1. The van der Waals surface area contributed by atoms with Crippen molar-refractivity contribution in [2.45, 2.75) is 24.7 Å². The molecular formula is C16H15BrF3NO. The van der Waals surface area contributed by atoms with Crippen molar-refractivity contribution in [2.75, 3.05) is 0 Å². The Morgan fingerprint density at radius 2 is 1.73 bits per heavy atom. The van der Waals surface area contributed by atoms with Gasteiger partial charge in [0.05, 0.1) is 17.7 Å². The lowest BCUT2D eigenvalue weighted by atomic mass is 9.95. The van der Waals surface area contributed by atoms with Gasteiger partial charge >= 0.3 is 6.18 Å². The number of benzene rings is 2. The van der Waals surface area contributed by atoms with E-state index in [4.69, 9.17) is 5.73 Å². The summed E-state index contributed by atoms with van der Waals surface area (Å²) in [6.07, 6.45) is -5.16. The molecule has 0 aliphatic heterocycles. The van der Waals surface area contributed by atoms with Crippen LogP contribution in [0.2, 0.25) is 0 Å². The third-order valence-electron chi connectivity index (χ3n) is 3.38. The maximum atomic E-state index is 12.8. The number of hydrogen-bond acceptors (Lipinski definition) is 2. The molecule has 0 aliphatic rings. The largest absolute Gasteiger partial charge is 0.416 e. The van der Waals surface area contributed by atoms with Crippen molar-refractivity contribution in [1.29, 1.82) is 0 Å². The minimum absolute atomic E-state index is 0.234. The Morgan fingerprint density at radius 3 is 2.32 bits per heavy atom. The predicted molar refractivity (Wildman–Crippen MR) is 82.2 cm³/mol. The van der Waals surface area contributed by atoms with Gasteiger partial charge in [-0.15, -0.1) is 0 Å². The van der Waals surface area contributed by atoms with Crippen molar-refractivity contribution in [3.63, 3.8) is 0 Å². The summed E-state index contributed by atoms with van der Waals surface area (Å²) in [4.78, 5) is 0. The van der Waals surface area contributed by atoms with E-state index in [9.17, 15) is 18.3 Å². The van der Waals surface area contributed by atoms with E-state index in [1.165, 1.54) is 6.07 Å². The molecule has 3 N–H and O–H groups in total. The third-order valence-corrected chi connectivity index (χ3v) is 4.11. The minimum Gasteiger partial charge on any atom is -0.391 e. The molecule has 118 valence electrons. The van der Waals surface area contributed by atoms with Gasteiger partial charge in [0.25, 0.3) is 0 Å². The Morgan fingerprint density at radius 1 is 1.09 bits per heavy atom. The molecule has 0 heterocycles. The first-order chi connectivity index (χ1) is 10.3. The molecule has 0 bridgehead atoms. The number of aliphatic hydroxyl groups is 1. The van der Waals surface area contributed by atoms with Gasteiger partial charge in [-0.05, 0) is 29.3 Å². The zero-order chi connectivity index (χ0) is 16.3. The van der Waals surface area contributed by atoms with Crippen LogP contribution in [0.15, 0.2) is 53.0 Å². The van der Waals surface area contributed by atoms with Crippen molar-refractivity contribution in [3.8, 4) is 0 Å². The lowest BCUT2D eigenvalue weighted by Crippen LogP contribution is -2.28. The fourth-order valence-corrected chi connectivity index (χ4v) is 2.68. The summed E-state index contributed by atoms with van der Waals surface area (Å²) in [5.74, 6) is 0. The molecule has 2 nitrogen and oxygen atoms in total. The van der Waals surface area contributed by atoms with E-state index < -0.39 is 23.9 Å². The first kappa shape index (κ1) is 17.0. The second kappa shape index (κ2) is 6.81. The quantitative estimate of drug-likeness (QED) is 0.848. The van der Waals surface area contributed by atoms with Crippen LogP contribution in [0, 0.1) is 0 Å². The van der Waals surface area contributed by atoms with Gasteiger partial charge in [0.1, 0.15) is 0 Å². The van der Waals surface area contributed by atoms with Crippen LogP contribution in [0.4, 0.5) is 13.2 Å². The summed E-state index contributed by atoms with van der Waals surface area (Å²) >= 11 is 3.19. The Labute approximate surface area is 134 Å². The highest BCUT2D eigenvalue weighted by Crippen LogP contribution is 2.34. The number of halogens is 4. The van der Waals surface area contributed by atoms with E-state index in [1.54, 1.807) is 0 Å². The van der Waals surface area contributed by atoms with Gasteiger partial charge in [0, 0.05) is 10.9 Å². The van der Waals surface area contributed by atoms with Crippen LogP contribution in [0.5, 0.6) is 0 Å². The third kappa shape index (κ3) is 4.09. The first-order valence-corrected chi connectivity index (χ1v) is 7.42. The van der Waals surface area contributed by atoms with E-state index in [2.05, 4.69) is 15.9 Å². The lowest BCUT2D eigenvalue weighted by molar-refractivity contribution is -0.137. The van der Waals surface area contributed by atoms with E-state index in [0.717, 1.165) is 17.7 Å². The van der Waals surface area contributed by atoms with Crippen LogP contribution in [0.3, 0.4) is 0 Å². The second-order valence-corrected chi connectivity index (χ2v) is 5.87. The van der Waals surface area contributed by atoms with Crippen molar-refractivity contribution in [2.24, 2.45) is 5.73 Å². The fourth-order valence-electron chi connectivity index (χ4n) is 2.17. The molecule has 22 heavy (non-hydrogen) atoms. The van der Waals surface area contributed by atoms with Gasteiger partial charge in [-0.2, -0.15) is 13.2 Å². The van der Waals surface area contributed by atoms with E-state index in [1.807, 2.05) is 30.3 Å². The molecule has 0 saturated carbocycles. The summed E-state index contributed by atoms with van der Waals surface area (Å²) in [6, 6.07) is 11.5. The maximum absolute atomic E-state index is 12.8. The highest BCUT2D eigenvalue weighted by atomic mass is 79.9. The summed E-state index contributed by atoms with van der Waals surface area (Å²) < 4.78 is 38.8. The zero-order valence-electron chi connectivity index (χ0n) is 11.5. The number of hydrogen-bond donors (Lipinski definition) is 2. The fraction of sp³-hybridized carbons (Fsp3) is 0.250. The second-order valence-electron chi connectivity index (χ2n) is 5.02. The number of aliphatic hydroxyl groups excluding tert-OH is 1. The molecule has 0 aromatic heterocycles. The van der Waals surface area contributed by atoms with Crippen LogP contribution in [0.1, 0.15) is 22.7 Å². The van der Waals surface area contributed by atoms with Crippen molar-refractivity contribution in [1.82, 2.24) is 0 Å². The molecular weight excluding hydrogens is 359 g/mol. The Hall–Kier alpha value is -1.37. The van der Waals surface area contributed by atoms with Gasteiger partial charge in [0.2, 0.25) is 0 Å². The predicted octanol–water partition coefficient (Wildman–Crippen LogP) is 4.07. The molecule has 0 spiro atoms. The van der Waals surface area contributed by atoms with Gasteiger partial charge in [-0.25, -0.2) is 0 Å². The Kier molecular flexibility index (Phi) is 5.26. The van der Waals surface area contributed by atoms with Gasteiger partial charge < -0.3 is 10.8 Å². The first-order valence-electron chi connectivity index (χ1n) is 6.63. The molecule has 0 aliphatic carbocycles. The molecule has 2 rings (SSSR count). The molecule has 2 atom stereocenters. The van der Waals surface area contributed by atoms with Crippen LogP contribution >= 0.6 is 15.9 Å². The highest BCUT2D eigenvalue weighted by Gasteiger charge is 2.32. The molecule has 0 unspecified atom stereocenters. The monoisotopic (exact) mass is 373 g/mol. The van der Waals surface area contributed by atoms with Crippen LogP contribution in [-0.4, -0.2) is 11.2 Å². The van der Waals surface area contributed by atoms with E-state index >= 15 is 0 Å². The van der Waals surface area contributed by atoms with Gasteiger partial charge in [-0.3, -0.25) is 0 Å². The maximum Gasteiger partial charge on any atom is 0.416 e. The Balaban J connectivity index is 2.23. The number of alkyl halides is 3. The summed E-state index contributed by atoms with van der Waals surface area (Å²) in [6.45, 7) is 0. The average Bonchev–Trinajstić information content (AvgIpc) is 2.46. The standard InChI is InChI=1S/C16H15BrF3NO/c17-13-7-6-11(16(18,19)20)9-12(13)15(21)14(22)8-10-4-2-1-3-5-10/h1-7,9,14-15,22H,8,21H2/t14-,15+/m1/s1. The zero-order valence-corrected chi connectivity index (χ0v) is 13.1. The number of rotatable bonds is 4. The SMILES string of the molecule is N[C@@H](c1cc(C(F)(F)F)ccc1Br)[C@H](O)Cc1ccccc1. The van der Waals surface area contributed by atoms with Crippen molar-refractivity contribution in [3.05, 3.63) is 69.7 Å². The summed E-state index contributed by atoms with van der Waals surface area (Å²) in [5, 5.41) is 10.2. The molecule has 6 heteroatoms. The summed E-state index contributed by atoms with van der Waals surface area (Å²) in [7, 11) is 0. The Bertz CT molecular complexity index is 631. The van der Waals surface area contributed by atoms with Crippen LogP contribution < -0.4 is 5.73 Å². The molecule has 0 radical (unpaired) electrons. The smallest absolute Gasteiger partial charge is 0.391 e. The molecule has 2 aromatic carbocycles. The molecule has 0 fully saturated rings. The van der Waals surface area contributed by atoms with Gasteiger partial charge in [-0.1, -0.05) is 46.3 Å². The van der Waals surface area contributed by atoms with Crippen LogP contribution in [-0.2, 0) is 12.6 Å². The van der Waals surface area contributed by atoms with Gasteiger partial charge in [0.15, 0.2) is 0 Å². The minimum atomic E-state index is -4.44. The topological polar surface area (TPSA) is 46.2 Å². The van der Waals surface area contributed by atoms with E-state index in [0.29, 0.717) is 4.47 Å². The van der Waals surface area contributed by atoms with Crippen molar-refractivity contribution < 1.29 is 18.3 Å². The summed E-state index contributed by atoms with van der Waals surface area (Å²) in [5.41, 5.74) is 6.27. The average molecular weight is 374 g/mol. The van der Waals surface area contributed by atoms with E-state index in [-0.39, 0.29) is 12.0 Å².